The number of nitrogens with zero attached hydrogens (tertiary/aromatic N) is 1. The summed E-state index contributed by atoms with van der Waals surface area (Å²) in [5.74, 6) is 0.0440. The van der Waals surface area contributed by atoms with Gasteiger partial charge in [-0.25, -0.2) is 0 Å². The average molecular weight is 498 g/mol. The van der Waals surface area contributed by atoms with Gasteiger partial charge >= 0.3 is 10.1 Å². The molecule has 0 radical (unpaired) electrons. The molecule has 0 aliphatic carbocycles. The van der Waals surface area contributed by atoms with Crippen LogP contribution >= 0.6 is 24.0 Å². The third-order valence-corrected chi connectivity index (χ3v) is 7.35. The van der Waals surface area contributed by atoms with Crippen LogP contribution in [0.5, 0.6) is 11.5 Å². The Balaban J connectivity index is 1.59. The Hall–Kier alpha value is -3.14. The van der Waals surface area contributed by atoms with Gasteiger partial charge < -0.3 is 8.92 Å². The topological polar surface area (TPSA) is 72.9 Å². The van der Waals surface area contributed by atoms with Crippen LogP contribution in [0.2, 0.25) is 0 Å². The predicted molar refractivity (Wildman–Crippen MR) is 134 cm³/mol. The molecule has 0 aromatic heterocycles. The van der Waals surface area contributed by atoms with Gasteiger partial charge in [0.05, 0.1) is 17.7 Å². The Labute approximate surface area is 202 Å². The van der Waals surface area contributed by atoms with E-state index in [4.69, 9.17) is 21.1 Å². The molecule has 33 heavy (non-hydrogen) atoms. The van der Waals surface area contributed by atoms with E-state index >= 15 is 0 Å². The van der Waals surface area contributed by atoms with Gasteiger partial charge in [0.25, 0.3) is 5.91 Å². The smallest absolute Gasteiger partial charge is 0.339 e. The number of ether oxygens (including phenoxy) is 1. The monoisotopic (exact) mass is 497 g/mol. The second-order valence-corrected chi connectivity index (χ2v) is 10.3. The van der Waals surface area contributed by atoms with Gasteiger partial charge in [-0.2, -0.15) is 8.42 Å². The predicted octanol–water partition coefficient (Wildman–Crippen LogP) is 5.18. The lowest BCUT2D eigenvalue weighted by Gasteiger charge is -2.14. The second-order valence-electron chi connectivity index (χ2n) is 7.11. The molecule has 1 amide bonds. The summed E-state index contributed by atoms with van der Waals surface area (Å²) in [7, 11) is -2.61. The van der Waals surface area contributed by atoms with Crippen molar-refractivity contribution < 1.29 is 22.1 Å². The van der Waals surface area contributed by atoms with Crippen molar-refractivity contribution in [3.05, 3.63) is 88.8 Å². The first kappa shape index (κ1) is 23.0. The molecule has 0 saturated carbocycles. The van der Waals surface area contributed by atoms with Gasteiger partial charge in [0, 0.05) is 0 Å². The number of thioether (sulfide) groups is 1. The molecule has 0 bridgehead atoms. The molecule has 1 fully saturated rings. The van der Waals surface area contributed by atoms with Crippen LogP contribution in [0.15, 0.2) is 82.6 Å². The maximum Gasteiger partial charge on any atom is 0.339 e. The lowest BCUT2D eigenvalue weighted by molar-refractivity contribution is -0.113. The first-order valence-corrected chi connectivity index (χ1v) is 12.4. The average Bonchev–Trinajstić information content (AvgIpc) is 3.08. The maximum atomic E-state index is 12.9. The third kappa shape index (κ3) is 4.95. The molecule has 9 heteroatoms. The van der Waals surface area contributed by atoms with E-state index in [1.165, 1.54) is 42.0 Å². The van der Waals surface area contributed by atoms with Crippen LogP contribution in [0, 0.1) is 6.92 Å². The van der Waals surface area contributed by atoms with Crippen LogP contribution in [0.4, 0.5) is 5.69 Å². The molecule has 168 valence electrons. The minimum absolute atomic E-state index is 0.0452. The largest absolute Gasteiger partial charge is 0.493 e. The number of benzene rings is 3. The highest BCUT2D eigenvalue weighted by Crippen LogP contribution is 2.37. The quantitative estimate of drug-likeness (QED) is 0.264. The fourth-order valence-corrected chi connectivity index (χ4v) is 5.37. The number of carbonyl (C=O) groups is 1. The number of hydrogen-bond donors (Lipinski definition) is 0. The van der Waals surface area contributed by atoms with Gasteiger partial charge in [-0.15, -0.1) is 0 Å². The Morgan fingerprint density at radius 2 is 1.67 bits per heavy atom. The van der Waals surface area contributed by atoms with Gasteiger partial charge in [-0.3, -0.25) is 9.69 Å². The van der Waals surface area contributed by atoms with E-state index in [1.54, 1.807) is 30.3 Å². The van der Waals surface area contributed by atoms with Crippen molar-refractivity contribution in [2.24, 2.45) is 0 Å². The molecule has 0 atom stereocenters. The molecule has 4 rings (SSSR count). The number of hydrogen-bond acceptors (Lipinski definition) is 7. The van der Waals surface area contributed by atoms with E-state index in [1.807, 2.05) is 37.3 Å². The number of methoxy groups -OCH3 is 1. The van der Waals surface area contributed by atoms with E-state index < -0.39 is 10.1 Å². The van der Waals surface area contributed by atoms with E-state index in [0.717, 1.165) is 5.56 Å². The van der Waals surface area contributed by atoms with Gasteiger partial charge in [0.2, 0.25) is 0 Å². The number of para-hydroxylation sites is 1. The molecule has 3 aromatic carbocycles. The van der Waals surface area contributed by atoms with Crippen molar-refractivity contribution in [2.75, 3.05) is 12.0 Å². The lowest BCUT2D eigenvalue weighted by atomic mass is 10.2. The Morgan fingerprint density at radius 1 is 0.970 bits per heavy atom. The molecular formula is C24H19NO5S3. The fourth-order valence-electron chi connectivity index (χ4n) is 3.13. The minimum atomic E-state index is -4.03. The zero-order valence-electron chi connectivity index (χ0n) is 17.7. The summed E-state index contributed by atoms with van der Waals surface area (Å²) >= 11 is 6.59. The molecule has 0 N–H and O–H groups in total. The molecular weight excluding hydrogens is 478 g/mol. The number of carbonyl (C=O) groups excluding carboxylic acids is 1. The van der Waals surface area contributed by atoms with Crippen LogP contribution < -0.4 is 13.8 Å². The van der Waals surface area contributed by atoms with Crippen LogP contribution in [0.1, 0.15) is 11.1 Å². The number of amides is 1. The van der Waals surface area contributed by atoms with E-state index in [2.05, 4.69) is 0 Å². The Bertz CT molecular complexity index is 1350. The van der Waals surface area contributed by atoms with Crippen molar-refractivity contribution in [2.45, 2.75) is 11.8 Å². The number of anilines is 1. The third-order valence-electron chi connectivity index (χ3n) is 4.80. The van der Waals surface area contributed by atoms with Crippen LogP contribution in [-0.4, -0.2) is 25.8 Å². The van der Waals surface area contributed by atoms with Crippen LogP contribution in [0.25, 0.3) is 6.08 Å². The minimum Gasteiger partial charge on any atom is -0.493 e. The van der Waals surface area contributed by atoms with Gasteiger partial charge in [0.15, 0.2) is 15.8 Å². The highest BCUT2D eigenvalue weighted by molar-refractivity contribution is 8.27. The second kappa shape index (κ2) is 9.38. The number of aryl methyl sites for hydroxylation is 1. The highest BCUT2D eigenvalue weighted by atomic mass is 32.2. The zero-order valence-corrected chi connectivity index (χ0v) is 20.2. The Morgan fingerprint density at radius 3 is 2.33 bits per heavy atom. The van der Waals surface area contributed by atoms with E-state index in [9.17, 15) is 13.2 Å². The molecule has 3 aromatic rings. The fraction of sp³-hybridized carbons (Fsp3) is 0.0833. The maximum absolute atomic E-state index is 12.9. The van der Waals surface area contributed by atoms with Crippen molar-refractivity contribution in [3.8, 4) is 11.5 Å². The van der Waals surface area contributed by atoms with Crippen LogP contribution in [-0.2, 0) is 14.9 Å². The lowest BCUT2D eigenvalue weighted by Crippen LogP contribution is -2.27. The molecule has 1 saturated heterocycles. The van der Waals surface area contributed by atoms with E-state index in [-0.39, 0.29) is 22.3 Å². The normalized spacial score (nSPS) is 15.2. The standard InChI is InChI=1S/C24H19NO5S3/c1-16-8-11-19(12-9-16)33(27,28)30-20-13-10-17(14-21(20)29-2)15-22-23(26)25(24(31)32-22)18-6-4-3-5-7-18/h3-15H,1-2H3/b22-15+. The molecule has 1 aliphatic rings. The first-order chi connectivity index (χ1) is 15.8. The zero-order chi connectivity index (χ0) is 23.6. The first-order valence-electron chi connectivity index (χ1n) is 9.81. The molecule has 0 unspecified atom stereocenters. The summed E-state index contributed by atoms with van der Waals surface area (Å²) in [6.07, 6.45) is 1.68. The van der Waals surface area contributed by atoms with Crippen molar-refractivity contribution in [3.63, 3.8) is 0 Å². The molecule has 6 nitrogen and oxygen atoms in total. The number of thiocarbonyl (C=S) groups is 1. The molecule has 1 heterocycles. The van der Waals surface area contributed by atoms with Gasteiger partial charge in [-0.05, 0) is 55.0 Å². The number of rotatable bonds is 6. The summed E-state index contributed by atoms with van der Waals surface area (Å²) in [4.78, 5) is 14.9. The SMILES string of the molecule is COc1cc(/C=C2/SC(=S)N(c3ccccc3)C2=O)ccc1OS(=O)(=O)c1ccc(C)cc1. The molecule has 0 spiro atoms. The van der Waals surface area contributed by atoms with Crippen molar-refractivity contribution in [1.82, 2.24) is 0 Å². The van der Waals surface area contributed by atoms with E-state index in [0.29, 0.717) is 20.5 Å². The van der Waals surface area contributed by atoms with Crippen molar-refractivity contribution in [1.29, 1.82) is 0 Å². The summed E-state index contributed by atoms with van der Waals surface area (Å²) in [5.41, 5.74) is 2.28. The highest BCUT2D eigenvalue weighted by Gasteiger charge is 2.33. The van der Waals surface area contributed by atoms with Gasteiger partial charge in [0.1, 0.15) is 4.90 Å². The molecule has 1 aliphatic heterocycles. The summed E-state index contributed by atoms with van der Waals surface area (Å²) < 4.78 is 36.4. The Kier molecular flexibility index (Phi) is 6.55. The van der Waals surface area contributed by atoms with Crippen molar-refractivity contribution >= 4 is 56.1 Å². The summed E-state index contributed by atoms with van der Waals surface area (Å²) in [6, 6.07) is 20.3. The summed E-state index contributed by atoms with van der Waals surface area (Å²) in [6.45, 7) is 1.87. The van der Waals surface area contributed by atoms with Crippen LogP contribution in [0.3, 0.4) is 0 Å². The van der Waals surface area contributed by atoms with Gasteiger partial charge in [-0.1, -0.05) is 65.9 Å². The summed E-state index contributed by atoms with van der Waals surface area (Å²) in [5, 5.41) is 0.